The number of amides is 1. The number of rotatable bonds is 8. The Kier molecular flexibility index (Phi) is 6.46. The summed E-state index contributed by atoms with van der Waals surface area (Å²) in [5.74, 6) is 0.515. The van der Waals surface area contributed by atoms with Crippen LogP contribution in [-0.2, 0) is 16.1 Å². The van der Waals surface area contributed by atoms with Crippen molar-refractivity contribution in [1.82, 2.24) is 20.9 Å². The molecule has 0 fully saturated rings. The Hall–Kier alpha value is -3.39. The first-order chi connectivity index (χ1) is 14.0. The van der Waals surface area contributed by atoms with Gasteiger partial charge in [0.1, 0.15) is 29.3 Å². The Morgan fingerprint density at radius 1 is 1.31 bits per heavy atom. The molecule has 0 radical (unpaired) electrons. The third-order valence-electron chi connectivity index (χ3n) is 4.22. The van der Waals surface area contributed by atoms with Crippen LogP contribution in [0.5, 0.6) is 11.5 Å². The largest absolute Gasteiger partial charge is 0.508 e. The standard InChI is InChI=1S/C20H21ClN4O4/c1-22-18-17(19(28)23-9-10-26)25(12-13-5-7-14(21)8-6-13)20(24-18)29-16-4-2-3-15(27)11-16/h2-8,10-11,20,22,24,27H,9,12H2,1H3,(H,23,28). The van der Waals surface area contributed by atoms with Crippen molar-refractivity contribution in [2.75, 3.05) is 13.6 Å². The predicted octanol–water partition coefficient (Wildman–Crippen LogP) is 1.52. The van der Waals surface area contributed by atoms with Gasteiger partial charge >= 0.3 is 0 Å². The molecule has 9 heteroatoms. The Morgan fingerprint density at radius 2 is 2.07 bits per heavy atom. The highest BCUT2D eigenvalue weighted by Crippen LogP contribution is 2.26. The molecule has 152 valence electrons. The van der Waals surface area contributed by atoms with Crippen molar-refractivity contribution in [3.05, 3.63) is 70.6 Å². The van der Waals surface area contributed by atoms with Crippen molar-refractivity contribution < 1.29 is 19.4 Å². The fourth-order valence-corrected chi connectivity index (χ4v) is 3.04. The second-order valence-corrected chi connectivity index (χ2v) is 6.65. The molecule has 8 nitrogen and oxygen atoms in total. The van der Waals surface area contributed by atoms with Crippen LogP contribution in [0.1, 0.15) is 5.56 Å². The minimum atomic E-state index is -0.730. The van der Waals surface area contributed by atoms with Gasteiger partial charge in [-0.25, -0.2) is 0 Å². The summed E-state index contributed by atoms with van der Waals surface area (Å²) in [4.78, 5) is 25.1. The molecule has 1 aliphatic rings. The SMILES string of the molecule is CNC1=C(C(=O)NCC=O)N(Cc2ccc(Cl)cc2)C(Oc2cccc(O)c2)N1. The first-order valence-corrected chi connectivity index (χ1v) is 9.27. The third-order valence-corrected chi connectivity index (χ3v) is 4.47. The molecule has 2 aromatic rings. The average Bonchev–Trinajstić information content (AvgIpc) is 3.05. The highest BCUT2D eigenvalue weighted by atomic mass is 35.5. The summed E-state index contributed by atoms with van der Waals surface area (Å²) in [5, 5.41) is 18.9. The van der Waals surface area contributed by atoms with Gasteiger partial charge in [-0.1, -0.05) is 29.8 Å². The van der Waals surface area contributed by atoms with E-state index >= 15 is 0 Å². The Balaban J connectivity index is 1.91. The molecule has 0 spiro atoms. The van der Waals surface area contributed by atoms with Crippen molar-refractivity contribution in [1.29, 1.82) is 0 Å². The molecule has 1 unspecified atom stereocenters. The fourth-order valence-electron chi connectivity index (χ4n) is 2.91. The van der Waals surface area contributed by atoms with E-state index in [1.54, 1.807) is 36.2 Å². The molecule has 1 atom stereocenters. The number of hydrogen-bond acceptors (Lipinski definition) is 7. The molecule has 4 N–H and O–H groups in total. The maximum atomic E-state index is 12.7. The summed E-state index contributed by atoms with van der Waals surface area (Å²) in [6.07, 6.45) is -0.114. The van der Waals surface area contributed by atoms with Crippen LogP contribution >= 0.6 is 11.6 Å². The number of hydrogen-bond donors (Lipinski definition) is 4. The van der Waals surface area contributed by atoms with Gasteiger partial charge < -0.3 is 35.5 Å². The first-order valence-electron chi connectivity index (χ1n) is 8.89. The molecule has 2 aromatic carbocycles. The van der Waals surface area contributed by atoms with Gasteiger partial charge in [0.2, 0.25) is 0 Å². The summed E-state index contributed by atoms with van der Waals surface area (Å²) in [6, 6.07) is 13.6. The number of nitrogens with zero attached hydrogens (tertiary/aromatic N) is 1. The summed E-state index contributed by atoms with van der Waals surface area (Å²) in [5.41, 5.74) is 1.20. The molecule has 1 aliphatic heterocycles. The minimum absolute atomic E-state index is 0.0653. The van der Waals surface area contributed by atoms with E-state index in [-0.39, 0.29) is 12.3 Å². The normalized spacial score (nSPS) is 15.7. The Bertz CT molecular complexity index is 917. The van der Waals surface area contributed by atoms with Crippen LogP contribution in [0.15, 0.2) is 60.0 Å². The zero-order valence-corrected chi connectivity index (χ0v) is 16.4. The monoisotopic (exact) mass is 416 g/mol. The molecule has 3 rings (SSSR count). The number of phenolic OH excluding ortho intramolecular Hbond substituents is 1. The number of carbonyl (C=O) groups is 2. The van der Waals surface area contributed by atoms with Gasteiger partial charge in [0.25, 0.3) is 12.3 Å². The lowest BCUT2D eigenvalue weighted by atomic mass is 10.2. The van der Waals surface area contributed by atoms with E-state index in [4.69, 9.17) is 16.3 Å². The number of carbonyl (C=O) groups excluding carboxylic acids is 2. The van der Waals surface area contributed by atoms with Crippen molar-refractivity contribution in [2.45, 2.75) is 12.9 Å². The van der Waals surface area contributed by atoms with E-state index in [0.29, 0.717) is 35.1 Å². The predicted molar refractivity (Wildman–Crippen MR) is 108 cm³/mol. The summed E-state index contributed by atoms with van der Waals surface area (Å²) < 4.78 is 5.98. The van der Waals surface area contributed by atoms with Gasteiger partial charge in [-0.3, -0.25) is 4.79 Å². The second kappa shape index (κ2) is 9.20. The van der Waals surface area contributed by atoms with Crippen LogP contribution < -0.4 is 20.7 Å². The van der Waals surface area contributed by atoms with Crippen molar-refractivity contribution >= 4 is 23.8 Å². The smallest absolute Gasteiger partial charge is 0.271 e. The van der Waals surface area contributed by atoms with Gasteiger partial charge in [0, 0.05) is 24.7 Å². The van der Waals surface area contributed by atoms with E-state index in [9.17, 15) is 14.7 Å². The maximum absolute atomic E-state index is 12.7. The number of aromatic hydroxyl groups is 1. The molecule has 0 bridgehead atoms. The minimum Gasteiger partial charge on any atom is -0.508 e. The van der Waals surface area contributed by atoms with Gasteiger partial charge in [0.15, 0.2) is 0 Å². The fraction of sp³-hybridized carbons (Fsp3) is 0.200. The molecule has 0 aromatic heterocycles. The highest BCUT2D eigenvalue weighted by Gasteiger charge is 2.36. The Morgan fingerprint density at radius 3 is 2.72 bits per heavy atom. The number of phenols is 1. The molecule has 0 aliphatic carbocycles. The molecule has 0 saturated carbocycles. The maximum Gasteiger partial charge on any atom is 0.271 e. The van der Waals surface area contributed by atoms with Crippen LogP contribution in [0.3, 0.4) is 0 Å². The third kappa shape index (κ3) is 4.91. The highest BCUT2D eigenvalue weighted by molar-refractivity contribution is 6.30. The van der Waals surface area contributed by atoms with Crippen LogP contribution in [0.2, 0.25) is 5.02 Å². The summed E-state index contributed by atoms with van der Waals surface area (Å²) >= 11 is 5.97. The number of halogens is 1. The number of benzene rings is 2. The van der Waals surface area contributed by atoms with Gasteiger partial charge in [-0.2, -0.15) is 0 Å². The Labute approximate surface area is 173 Å². The molecule has 1 heterocycles. The number of ether oxygens (including phenoxy) is 1. The van der Waals surface area contributed by atoms with E-state index in [0.717, 1.165) is 5.56 Å². The molecular formula is C20H21ClN4O4. The van der Waals surface area contributed by atoms with Gasteiger partial charge in [-0.05, 0) is 29.8 Å². The lowest BCUT2D eigenvalue weighted by Gasteiger charge is -2.28. The van der Waals surface area contributed by atoms with Gasteiger partial charge in [-0.15, -0.1) is 0 Å². The first kappa shape index (κ1) is 20.3. The van der Waals surface area contributed by atoms with Gasteiger partial charge in [0.05, 0.1) is 6.54 Å². The lowest BCUT2D eigenvalue weighted by molar-refractivity contribution is -0.121. The molecule has 0 saturated heterocycles. The zero-order chi connectivity index (χ0) is 20.8. The van der Waals surface area contributed by atoms with E-state index in [1.165, 1.54) is 12.1 Å². The topological polar surface area (TPSA) is 103 Å². The summed E-state index contributed by atoms with van der Waals surface area (Å²) in [6.45, 7) is 0.231. The lowest BCUT2D eigenvalue weighted by Crippen LogP contribution is -2.44. The molecule has 1 amide bonds. The van der Waals surface area contributed by atoms with Crippen LogP contribution in [0.4, 0.5) is 0 Å². The zero-order valence-electron chi connectivity index (χ0n) is 15.7. The average molecular weight is 417 g/mol. The molecule has 29 heavy (non-hydrogen) atoms. The van der Waals surface area contributed by atoms with E-state index < -0.39 is 12.3 Å². The van der Waals surface area contributed by atoms with Crippen molar-refractivity contribution in [3.63, 3.8) is 0 Å². The van der Waals surface area contributed by atoms with E-state index in [1.807, 2.05) is 12.1 Å². The van der Waals surface area contributed by atoms with Crippen LogP contribution in [-0.4, -0.2) is 42.1 Å². The quantitative estimate of drug-likeness (QED) is 0.484. The second-order valence-electron chi connectivity index (χ2n) is 6.22. The molecular weight excluding hydrogens is 396 g/mol. The van der Waals surface area contributed by atoms with Crippen LogP contribution in [0.25, 0.3) is 0 Å². The number of aldehydes is 1. The van der Waals surface area contributed by atoms with Crippen molar-refractivity contribution in [2.24, 2.45) is 0 Å². The summed E-state index contributed by atoms with van der Waals surface area (Å²) in [7, 11) is 1.67. The van der Waals surface area contributed by atoms with Crippen molar-refractivity contribution in [3.8, 4) is 11.5 Å². The van der Waals surface area contributed by atoms with E-state index in [2.05, 4.69) is 16.0 Å². The van der Waals surface area contributed by atoms with Crippen LogP contribution in [0, 0.1) is 0 Å². The number of nitrogens with one attached hydrogen (secondary N) is 3.